The molecule has 6 heteroatoms. The van der Waals surface area contributed by atoms with Gasteiger partial charge in [-0.15, -0.1) is 0 Å². The van der Waals surface area contributed by atoms with Gasteiger partial charge in [0.1, 0.15) is 11.8 Å². The molecule has 1 N–H and O–H groups in total. The molecule has 0 heterocycles. The van der Waals surface area contributed by atoms with Gasteiger partial charge in [-0.05, 0) is 26.0 Å². The van der Waals surface area contributed by atoms with Crippen molar-refractivity contribution < 1.29 is 14.3 Å². The summed E-state index contributed by atoms with van der Waals surface area (Å²) < 4.78 is 5.33. The van der Waals surface area contributed by atoms with Gasteiger partial charge in [0.05, 0.1) is 12.1 Å². The quantitative estimate of drug-likeness (QED) is 0.844. The van der Waals surface area contributed by atoms with E-state index in [-0.39, 0.29) is 31.0 Å². The highest BCUT2D eigenvalue weighted by Crippen LogP contribution is 2.16. The van der Waals surface area contributed by atoms with Gasteiger partial charge in [-0.3, -0.25) is 9.59 Å². The summed E-state index contributed by atoms with van der Waals surface area (Å²) >= 11 is 0. The number of benzene rings is 1. The number of carbonyl (C=O) groups excluding carboxylic acids is 2. The molecule has 6 nitrogen and oxygen atoms in total. The highest BCUT2D eigenvalue weighted by molar-refractivity contribution is 5.85. The molecule has 0 bridgehead atoms. The zero-order valence-corrected chi connectivity index (χ0v) is 12.4. The smallest absolute Gasteiger partial charge is 0.260 e. The Morgan fingerprint density at radius 3 is 2.67 bits per heavy atom. The predicted octanol–water partition coefficient (Wildman–Crippen LogP) is 0.920. The first-order valence-corrected chi connectivity index (χ1v) is 6.59. The fourth-order valence-corrected chi connectivity index (χ4v) is 1.61. The van der Waals surface area contributed by atoms with E-state index in [0.29, 0.717) is 11.3 Å². The molecule has 0 aliphatic carbocycles. The van der Waals surface area contributed by atoms with E-state index in [1.807, 2.05) is 19.9 Å². The Kier molecular flexibility index (Phi) is 6.21. The summed E-state index contributed by atoms with van der Waals surface area (Å²) in [6, 6.07) is 8.69. The highest BCUT2D eigenvalue weighted by atomic mass is 16.5. The highest BCUT2D eigenvalue weighted by Gasteiger charge is 2.14. The number of hydrogen-bond acceptors (Lipinski definition) is 4. The van der Waals surface area contributed by atoms with Crippen LogP contribution in [0.3, 0.4) is 0 Å². The normalized spacial score (nSPS) is 9.86. The summed E-state index contributed by atoms with van der Waals surface area (Å²) in [6.07, 6.45) is 0. The van der Waals surface area contributed by atoms with Crippen LogP contribution in [0.1, 0.15) is 19.4 Å². The number of para-hydroxylation sites is 1. The van der Waals surface area contributed by atoms with E-state index in [1.165, 1.54) is 11.9 Å². The lowest BCUT2D eigenvalue weighted by atomic mass is 10.2. The van der Waals surface area contributed by atoms with Crippen LogP contribution in [0.2, 0.25) is 0 Å². The number of ether oxygens (including phenoxy) is 1. The lowest BCUT2D eigenvalue weighted by Gasteiger charge is -2.18. The van der Waals surface area contributed by atoms with Gasteiger partial charge in [0, 0.05) is 13.1 Å². The summed E-state index contributed by atoms with van der Waals surface area (Å²) in [5.41, 5.74) is 0.366. The zero-order chi connectivity index (χ0) is 15.8. The van der Waals surface area contributed by atoms with E-state index in [4.69, 9.17) is 10.00 Å². The third kappa shape index (κ3) is 5.53. The summed E-state index contributed by atoms with van der Waals surface area (Å²) in [6.45, 7) is 3.45. The lowest BCUT2D eigenvalue weighted by molar-refractivity contribution is -0.136. The first kappa shape index (κ1) is 16.5. The number of hydrogen-bond donors (Lipinski definition) is 1. The van der Waals surface area contributed by atoms with Gasteiger partial charge in [-0.25, -0.2) is 0 Å². The van der Waals surface area contributed by atoms with E-state index < -0.39 is 0 Å². The summed E-state index contributed by atoms with van der Waals surface area (Å²) in [4.78, 5) is 24.7. The maximum atomic E-state index is 11.9. The molecule has 1 rings (SSSR count). The topological polar surface area (TPSA) is 82.4 Å². The molecule has 0 aliphatic rings. The average Bonchev–Trinajstić information content (AvgIpc) is 2.43. The van der Waals surface area contributed by atoms with Crippen LogP contribution in [0, 0.1) is 11.3 Å². The van der Waals surface area contributed by atoms with Crippen molar-refractivity contribution in [3.8, 4) is 11.8 Å². The Bertz CT molecular complexity index is 549. The second kappa shape index (κ2) is 7.90. The van der Waals surface area contributed by atoms with E-state index in [2.05, 4.69) is 5.32 Å². The molecule has 0 aliphatic heterocycles. The van der Waals surface area contributed by atoms with E-state index in [0.717, 1.165) is 0 Å². The fourth-order valence-electron chi connectivity index (χ4n) is 1.61. The molecule has 21 heavy (non-hydrogen) atoms. The molecule has 0 aromatic heterocycles. The van der Waals surface area contributed by atoms with Gasteiger partial charge < -0.3 is 15.0 Å². The minimum absolute atomic E-state index is 0.0275. The summed E-state index contributed by atoms with van der Waals surface area (Å²) in [5.74, 6) is -0.201. The minimum Gasteiger partial charge on any atom is -0.482 e. The van der Waals surface area contributed by atoms with E-state index >= 15 is 0 Å². The number of carbonyl (C=O) groups is 2. The van der Waals surface area contributed by atoms with Crippen LogP contribution in [0.25, 0.3) is 0 Å². The van der Waals surface area contributed by atoms with Gasteiger partial charge in [-0.1, -0.05) is 12.1 Å². The number of nitriles is 1. The summed E-state index contributed by atoms with van der Waals surface area (Å²) in [7, 11) is 1.53. The fraction of sp³-hybridized carbons (Fsp3) is 0.400. The standard InChI is InChI=1S/C15H19N3O3/c1-11(2)17-14(19)9-18(3)15(20)10-21-13-7-5-4-6-12(13)8-16/h4-7,11H,9-10H2,1-3H3,(H,17,19). The van der Waals surface area contributed by atoms with Crippen molar-refractivity contribution in [1.82, 2.24) is 10.2 Å². The van der Waals surface area contributed by atoms with E-state index in [9.17, 15) is 9.59 Å². The van der Waals surface area contributed by atoms with Gasteiger partial charge in [0.2, 0.25) is 5.91 Å². The SMILES string of the molecule is CC(C)NC(=O)CN(C)C(=O)COc1ccccc1C#N. The van der Waals surface area contributed by atoms with Crippen molar-refractivity contribution in [2.75, 3.05) is 20.2 Å². The van der Waals surface area contributed by atoms with Crippen LogP contribution in [0.4, 0.5) is 0 Å². The maximum absolute atomic E-state index is 11.9. The molecule has 0 atom stereocenters. The van der Waals surface area contributed by atoms with Gasteiger partial charge >= 0.3 is 0 Å². The largest absolute Gasteiger partial charge is 0.482 e. The molecule has 1 aromatic carbocycles. The van der Waals surface area contributed by atoms with Crippen molar-refractivity contribution in [3.63, 3.8) is 0 Å². The van der Waals surface area contributed by atoms with Gasteiger partial charge in [0.25, 0.3) is 5.91 Å². The van der Waals surface area contributed by atoms with Gasteiger partial charge in [-0.2, -0.15) is 5.26 Å². The zero-order valence-electron chi connectivity index (χ0n) is 12.4. The minimum atomic E-state index is -0.332. The summed E-state index contributed by atoms with van der Waals surface area (Å²) in [5, 5.41) is 11.6. The second-order valence-corrected chi connectivity index (χ2v) is 4.87. The Balaban J connectivity index is 2.50. The number of likely N-dealkylation sites (N-methyl/N-ethyl adjacent to an activating group) is 1. The van der Waals surface area contributed by atoms with Crippen molar-refractivity contribution in [2.45, 2.75) is 19.9 Å². The van der Waals surface area contributed by atoms with Gasteiger partial charge in [0.15, 0.2) is 6.61 Å². The van der Waals surface area contributed by atoms with Crippen LogP contribution < -0.4 is 10.1 Å². The molecule has 0 saturated carbocycles. The molecule has 0 unspecified atom stereocenters. The monoisotopic (exact) mass is 289 g/mol. The van der Waals surface area contributed by atoms with Crippen LogP contribution in [-0.2, 0) is 9.59 Å². The molecule has 112 valence electrons. The van der Waals surface area contributed by atoms with E-state index in [1.54, 1.807) is 24.3 Å². The number of nitrogens with one attached hydrogen (secondary N) is 1. The van der Waals surface area contributed by atoms with Crippen LogP contribution in [0.15, 0.2) is 24.3 Å². The third-order valence-corrected chi connectivity index (χ3v) is 2.61. The second-order valence-electron chi connectivity index (χ2n) is 4.87. The molecule has 0 saturated heterocycles. The Morgan fingerprint density at radius 2 is 2.05 bits per heavy atom. The number of nitrogens with zero attached hydrogens (tertiary/aromatic N) is 2. The van der Waals surface area contributed by atoms with Crippen molar-refractivity contribution >= 4 is 11.8 Å². The van der Waals surface area contributed by atoms with Crippen LogP contribution in [-0.4, -0.2) is 43.0 Å². The molecule has 0 spiro atoms. The van der Waals surface area contributed by atoms with Crippen molar-refractivity contribution in [3.05, 3.63) is 29.8 Å². The lowest BCUT2D eigenvalue weighted by Crippen LogP contribution is -2.42. The first-order valence-electron chi connectivity index (χ1n) is 6.59. The predicted molar refractivity (Wildman–Crippen MR) is 77.6 cm³/mol. The molecule has 0 fully saturated rings. The molecule has 2 amide bonds. The Morgan fingerprint density at radius 1 is 1.38 bits per heavy atom. The molecular formula is C15H19N3O3. The van der Waals surface area contributed by atoms with Crippen LogP contribution in [0.5, 0.6) is 5.75 Å². The number of amides is 2. The number of rotatable bonds is 6. The van der Waals surface area contributed by atoms with Crippen LogP contribution >= 0.6 is 0 Å². The molecule has 0 radical (unpaired) electrons. The Labute approximate surface area is 124 Å². The maximum Gasteiger partial charge on any atom is 0.260 e. The molecule has 1 aromatic rings. The van der Waals surface area contributed by atoms with Crippen molar-refractivity contribution in [1.29, 1.82) is 5.26 Å². The Hall–Kier alpha value is -2.55. The van der Waals surface area contributed by atoms with Crippen molar-refractivity contribution in [2.24, 2.45) is 0 Å². The third-order valence-electron chi connectivity index (χ3n) is 2.61. The average molecular weight is 289 g/mol. The molecular weight excluding hydrogens is 270 g/mol. The first-order chi connectivity index (χ1) is 9.93.